The van der Waals surface area contributed by atoms with E-state index in [9.17, 15) is 0 Å². The van der Waals surface area contributed by atoms with Gasteiger partial charge in [-0.25, -0.2) is 0 Å². The maximum absolute atomic E-state index is 5.73. The van der Waals surface area contributed by atoms with E-state index in [-0.39, 0.29) is 0 Å². The van der Waals surface area contributed by atoms with Crippen LogP contribution in [0.4, 0.5) is 0 Å². The molecule has 1 aromatic rings. The minimum absolute atomic E-state index is 0.322. The molecule has 1 atom stereocenters. The van der Waals surface area contributed by atoms with E-state index in [1.54, 1.807) is 0 Å². The maximum atomic E-state index is 5.73. The number of aryl methyl sites for hydroxylation is 1. The molecule has 0 bridgehead atoms. The highest BCUT2D eigenvalue weighted by atomic mass is 16.5. The molecule has 0 aromatic heterocycles. The molecule has 82 valence electrons. The van der Waals surface area contributed by atoms with Gasteiger partial charge in [-0.15, -0.1) is 0 Å². The molecule has 1 aromatic carbocycles. The van der Waals surface area contributed by atoms with Crippen LogP contribution in [0.15, 0.2) is 18.2 Å². The summed E-state index contributed by atoms with van der Waals surface area (Å²) in [5.74, 6) is 1.07. The van der Waals surface area contributed by atoms with Crippen LogP contribution < -0.4 is 10.5 Å². The second kappa shape index (κ2) is 4.67. The average Bonchev–Trinajstić information content (AvgIpc) is 2.64. The van der Waals surface area contributed by atoms with Crippen LogP contribution in [0.5, 0.6) is 5.75 Å². The number of hydrogen-bond donors (Lipinski definition) is 1. The zero-order valence-corrected chi connectivity index (χ0v) is 9.33. The number of rotatable bonds is 4. The molecule has 0 aliphatic carbocycles. The Balaban J connectivity index is 1.92. The molecule has 1 aliphatic rings. The molecule has 1 aliphatic heterocycles. The van der Waals surface area contributed by atoms with Crippen LogP contribution in [0, 0.1) is 0 Å². The van der Waals surface area contributed by atoms with Crippen LogP contribution in [-0.2, 0) is 12.8 Å². The Morgan fingerprint density at radius 3 is 3.13 bits per heavy atom. The second-order valence-electron chi connectivity index (χ2n) is 4.41. The van der Waals surface area contributed by atoms with Crippen LogP contribution in [0.1, 0.15) is 30.9 Å². The average molecular weight is 205 g/mol. The first-order valence-corrected chi connectivity index (χ1v) is 5.76. The first kappa shape index (κ1) is 10.5. The van der Waals surface area contributed by atoms with Crippen LogP contribution in [0.3, 0.4) is 0 Å². The van der Waals surface area contributed by atoms with Gasteiger partial charge in [0.25, 0.3) is 0 Å². The lowest BCUT2D eigenvalue weighted by molar-refractivity contribution is 0.357. The topological polar surface area (TPSA) is 35.2 Å². The van der Waals surface area contributed by atoms with Crippen molar-refractivity contribution in [3.05, 3.63) is 29.3 Å². The molecule has 2 heteroatoms. The van der Waals surface area contributed by atoms with Crippen LogP contribution in [0.2, 0.25) is 0 Å². The van der Waals surface area contributed by atoms with Gasteiger partial charge < -0.3 is 10.5 Å². The quantitative estimate of drug-likeness (QED) is 0.818. The van der Waals surface area contributed by atoms with Gasteiger partial charge >= 0.3 is 0 Å². The summed E-state index contributed by atoms with van der Waals surface area (Å²) in [6.45, 7) is 2.91. The summed E-state index contributed by atoms with van der Waals surface area (Å²) in [5, 5.41) is 0. The fourth-order valence-electron chi connectivity index (χ4n) is 2.02. The molecular weight excluding hydrogens is 186 g/mol. The zero-order chi connectivity index (χ0) is 10.7. The van der Waals surface area contributed by atoms with Gasteiger partial charge in [0, 0.05) is 12.5 Å². The molecule has 2 rings (SSSR count). The number of ether oxygens (including phenoxy) is 1. The molecule has 0 saturated carbocycles. The lowest BCUT2D eigenvalue weighted by Gasteiger charge is -2.06. The molecule has 0 unspecified atom stereocenters. The summed E-state index contributed by atoms with van der Waals surface area (Å²) in [6, 6.07) is 6.88. The van der Waals surface area contributed by atoms with E-state index < -0.39 is 0 Å². The standard InChI is InChI=1S/C13H19NO/c1-10(14)3-2-4-11-5-6-13-12(9-11)7-8-15-13/h5-6,9-10H,2-4,7-8,14H2,1H3/t10-/m0/s1. The van der Waals surface area contributed by atoms with Crippen molar-refractivity contribution in [2.24, 2.45) is 5.73 Å². The molecule has 15 heavy (non-hydrogen) atoms. The fraction of sp³-hybridized carbons (Fsp3) is 0.538. The van der Waals surface area contributed by atoms with Crippen molar-refractivity contribution >= 4 is 0 Å². The van der Waals surface area contributed by atoms with Crippen molar-refractivity contribution in [1.82, 2.24) is 0 Å². The Hall–Kier alpha value is -1.02. The summed E-state index contributed by atoms with van der Waals surface area (Å²) >= 11 is 0. The van der Waals surface area contributed by atoms with Gasteiger partial charge in [-0.1, -0.05) is 12.1 Å². The van der Waals surface area contributed by atoms with E-state index in [0.717, 1.165) is 31.6 Å². The third-order valence-corrected chi connectivity index (χ3v) is 2.88. The maximum Gasteiger partial charge on any atom is 0.122 e. The molecule has 0 saturated heterocycles. The summed E-state index contributed by atoms with van der Waals surface area (Å²) in [5.41, 5.74) is 8.51. The Labute approximate surface area is 91.4 Å². The van der Waals surface area contributed by atoms with Crippen molar-refractivity contribution in [3.8, 4) is 5.75 Å². The highest BCUT2D eigenvalue weighted by molar-refractivity contribution is 5.39. The third kappa shape index (κ3) is 2.72. The van der Waals surface area contributed by atoms with E-state index in [1.807, 2.05) is 0 Å². The van der Waals surface area contributed by atoms with Crippen molar-refractivity contribution in [2.75, 3.05) is 6.61 Å². The predicted molar refractivity (Wildman–Crippen MR) is 62.2 cm³/mol. The van der Waals surface area contributed by atoms with Gasteiger partial charge in [-0.2, -0.15) is 0 Å². The smallest absolute Gasteiger partial charge is 0.122 e. The molecule has 0 fully saturated rings. The Kier molecular flexibility index (Phi) is 3.27. The minimum atomic E-state index is 0.322. The van der Waals surface area contributed by atoms with Gasteiger partial charge in [-0.3, -0.25) is 0 Å². The van der Waals surface area contributed by atoms with E-state index >= 15 is 0 Å². The predicted octanol–water partition coefficient (Wildman–Crippen LogP) is 2.29. The summed E-state index contributed by atoms with van der Waals surface area (Å²) in [4.78, 5) is 0. The Bertz CT molecular complexity index is 333. The van der Waals surface area contributed by atoms with Crippen molar-refractivity contribution < 1.29 is 4.74 Å². The van der Waals surface area contributed by atoms with Crippen LogP contribution in [0.25, 0.3) is 0 Å². The van der Waals surface area contributed by atoms with Gasteiger partial charge in [-0.05, 0) is 43.4 Å². The SMILES string of the molecule is C[C@H](N)CCCc1ccc2c(c1)CCO2. The van der Waals surface area contributed by atoms with Crippen LogP contribution in [-0.4, -0.2) is 12.6 Å². The third-order valence-electron chi connectivity index (χ3n) is 2.88. The monoisotopic (exact) mass is 205 g/mol. The Morgan fingerprint density at radius 1 is 1.47 bits per heavy atom. The molecular formula is C13H19NO. The highest BCUT2D eigenvalue weighted by Gasteiger charge is 2.11. The molecule has 2 nitrogen and oxygen atoms in total. The normalized spacial score (nSPS) is 15.9. The van der Waals surface area contributed by atoms with Gasteiger partial charge in [0.15, 0.2) is 0 Å². The van der Waals surface area contributed by atoms with Crippen molar-refractivity contribution in [3.63, 3.8) is 0 Å². The zero-order valence-electron chi connectivity index (χ0n) is 9.33. The summed E-state index contributed by atoms with van der Waals surface area (Å²) < 4.78 is 5.48. The molecule has 2 N–H and O–H groups in total. The fourth-order valence-corrected chi connectivity index (χ4v) is 2.02. The van der Waals surface area contributed by atoms with Gasteiger partial charge in [0.1, 0.15) is 5.75 Å². The number of fused-ring (bicyclic) bond motifs is 1. The van der Waals surface area contributed by atoms with E-state index in [2.05, 4.69) is 25.1 Å². The lowest BCUT2D eigenvalue weighted by atomic mass is 10.0. The minimum Gasteiger partial charge on any atom is -0.493 e. The largest absolute Gasteiger partial charge is 0.493 e. The first-order chi connectivity index (χ1) is 7.25. The first-order valence-electron chi connectivity index (χ1n) is 5.76. The van der Waals surface area contributed by atoms with E-state index in [4.69, 9.17) is 10.5 Å². The molecule has 0 spiro atoms. The second-order valence-corrected chi connectivity index (χ2v) is 4.41. The van der Waals surface area contributed by atoms with E-state index in [1.165, 1.54) is 17.5 Å². The van der Waals surface area contributed by atoms with Gasteiger partial charge in [0.05, 0.1) is 6.61 Å². The number of hydrogen-bond acceptors (Lipinski definition) is 2. The molecule has 0 radical (unpaired) electrons. The van der Waals surface area contributed by atoms with Crippen molar-refractivity contribution in [1.29, 1.82) is 0 Å². The summed E-state index contributed by atoms with van der Waals surface area (Å²) in [6.07, 6.45) is 4.48. The number of nitrogens with two attached hydrogens (primary N) is 1. The highest BCUT2D eigenvalue weighted by Crippen LogP contribution is 2.26. The molecule has 1 heterocycles. The lowest BCUT2D eigenvalue weighted by Crippen LogP contribution is -2.14. The van der Waals surface area contributed by atoms with Crippen LogP contribution >= 0.6 is 0 Å². The number of benzene rings is 1. The molecule has 0 amide bonds. The van der Waals surface area contributed by atoms with Crippen molar-refractivity contribution in [2.45, 2.75) is 38.6 Å². The van der Waals surface area contributed by atoms with Gasteiger partial charge in [0.2, 0.25) is 0 Å². The summed E-state index contributed by atoms with van der Waals surface area (Å²) in [7, 11) is 0. The van der Waals surface area contributed by atoms with E-state index in [0.29, 0.717) is 6.04 Å². The Morgan fingerprint density at radius 2 is 2.33 bits per heavy atom.